The Kier molecular flexibility index (Phi) is 9.11. The van der Waals surface area contributed by atoms with Crippen molar-refractivity contribution >= 4 is 6.08 Å². The highest BCUT2D eigenvalue weighted by Gasteiger charge is 1.96. The molecule has 0 saturated carbocycles. The Balaban J connectivity index is 0.000000246. The van der Waals surface area contributed by atoms with Gasteiger partial charge in [0.05, 0.1) is 5.69 Å². The third-order valence-corrected chi connectivity index (χ3v) is 3.33. The summed E-state index contributed by atoms with van der Waals surface area (Å²) in [7, 11) is 0. The van der Waals surface area contributed by atoms with Gasteiger partial charge in [0.2, 0.25) is 0 Å². The van der Waals surface area contributed by atoms with Gasteiger partial charge in [-0.15, -0.1) is 6.42 Å². The molecule has 25 heavy (non-hydrogen) atoms. The largest absolute Gasteiger partial charge is 0.256 e. The highest BCUT2D eigenvalue weighted by Crippen LogP contribution is 2.16. The van der Waals surface area contributed by atoms with E-state index in [1.54, 1.807) is 6.20 Å². The topological polar surface area (TPSA) is 12.9 Å². The third kappa shape index (κ3) is 6.89. The van der Waals surface area contributed by atoms with E-state index in [0.29, 0.717) is 0 Å². The number of benzene rings is 2. The number of hydrogen-bond donors (Lipinski definition) is 0. The van der Waals surface area contributed by atoms with Gasteiger partial charge in [-0.3, -0.25) is 4.98 Å². The number of aryl methyl sites for hydroxylation is 1. The van der Waals surface area contributed by atoms with Gasteiger partial charge in [-0.05, 0) is 36.8 Å². The maximum atomic E-state index is 5.15. The maximum absolute atomic E-state index is 5.15. The fourth-order valence-corrected chi connectivity index (χ4v) is 1.97. The molecule has 0 radical (unpaired) electrons. The summed E-state index contributed by atoms with van der Waals surface area (Å²) in [6.07, 6.45) is 8.79. The summed E-state index contributed by atoms with van der Waals surface area (Å²) >= 11 is 0. The van der Waals surface area contributed by atoms with Crippen molar-refractivity contribution in [2.24, 2.45) is 0 Å². The monoisotopic (exact) mass is 327 g/mol. The molecule has 0 unspecified atom stereocenters. The van der Waals surface area contributed by atoms with Crippen LogP contribution in [0.2, 0.25) is 0 Å². The zero-order valence-electron chi connectivity index (χ0n) is 15.2. The zero-order chi connectivity index (χ0) is 18.5. The van der Waals surface area contributed by atoms with Crippen molar-refractivity contribution in [3.63, 3.8) is 0 Å². The summed E-state index contributed by atoms with van der Waals surface area (Å²) < 4.78 is 0. The molecular formula is C24H25N. The predicted octanol–water partition coefficient (Wildman–Crippen LogP) is 6.39. The van der Waals surface area contributed by atoms with E-state index in [1.807, 2.05) is 81.4 Å². The first-order valence-electron chi connectivity index (χ1n) is 8.40. The SMILES string of the molecule is C#Cc1ccc(C)cc1.C=Cc1ccc(-c2ccccn2)cc1.CC. The molecule has 3 rings (SSSR count). The van der Waals surface area contributed by atoms with Gasteiger partial charge in [-0.25, -0.2) is 0 Å². The lowest BCUT2D eigenvalue weighted by atomic mass is 10.1. The molecule has 0 bridgehead atoms. The van der Waals surface area contributed by atoms with E-state index in [9.17, 15) is 0 Å². The van der Waals surface area contributed by atoms with Crippen LogP contribution in [0.1, 0.15) is 30.5 Å². The number of hydrogen-bond acceptors (Lipinski definition) is 1. The molecule has 0 aliphatic rings. The number of pyridine rings is 1. The summed E-state index contributed by atoms with van der Waals surface area (Å²) in [5.74, 6) is 2.55. The second-order valence-corrected chi connectivity index (χ2v) is 5.05. The van der Waals surface area contributed by atoms with Gasteiger partial charge in [0.15, 0.2) is 0 Å². The molecule has 0 atom stereocenters. The molecular weight excluding hydrogens is 302 g/mol. The van der Waals surface area contributed by atoms with Crippen LogP contribution in [0.15, 0.2) is 79.5 Å². The molecule has 0 aliphatic heterocycles. The van der Waals surface area contributed by atoms with E-state index in [4.69, 9.17) is 6.42 Å². The molecule has 0 fully saturated rings. The van der Waals surface area contributed by atoms with E-state index in [2.05, 4.69) is 29.6 Å². The standard InChI is InChI=1S/C13H11N.C9H8.C2H6/c1-2-11-6-8-12(9-7-11)13-5-3-4-10-14-13;1-3-9-6-4-8(2)5-7-9;1-2/h2-10H,1H2;1,4-7H,2H3;1-2H3. The molecule has 0 spiro atoms. The number of rotatable bonds is 2. The summed E-state index contributed by atoms with van der Waals surface area (Å²) in [6, 6.07) is 22.0. The molecule has 3 aromatic rings. The Labute approximate surface area is 152 Å². The Morgan fingerprint density at radius 2 is 1.56 bits per heavy atom. The van der Waals surface area contributed by atoms with Crippen LogP contribution in [0, 0.1) is 19.3 Å². The molecule has 0 saturated heterocycles. The fourth-order valence-electron chi connectivity index (χ4n) is 1.97. The Hall–Kier alpha value is -3.11. The normalized spacial score (nSPS) is 8.72. The zero-order valence-corrected chi connectivity index (χ0v) is 15.2. The van der Waals surface area contributed by atoms with Crippen LogP contribution in [0.25, 0.3) is 17.3 Å². The molecule has 1 heteroatoms. The van der Waals surface area contributed by atoms with E-state index >= 15 is 0 Å². The summed E-state index contributed by atoms with van der Waals surface area (Å²) in [6.45, 7) is 9.76. The van der Waals surface area contributed by atoms with Crippen LogP contribution in [-0.4, -0.2) is 4.98 Å². The van der Waals surface area contributed by atoms with Crippen molar-refractivity contribution in [3.05, 3.63) is 96.2 Å². The molecule has 2 aromatic carbocycles. The first-order valence-corrected chi connectivity index (χ1v) is 8.40. The van der Waals surface area contributed by atoms with Gasteiger partial charge in [0, 0.05) is 17.3 Å². The lowest BCUT2D eigenvalue weighted by molar-refractivity contribution is 1.33. The molecule has 1 heterocycles. The lowest BCUT2D eigenvalue weighted by Gasteiger charge is -2.00. The van der Waals surface area contributed by atoms with Crippen LogP contribution in [-0.2, 0) is 0 Å². The minimum Gasteiger partial charge on any atom is -0.256 e. The average Bonchev–Trinajstić information content (AvgIpc) is 2.71. The van der Waals surface area contributed by atoms with Gasteiger partial charge in [0.25, 0.3) is 0 Å². The third-order valence-electron chi connectivity index (χ3n) is 3.33. The van der Waals surface area contributed by atoms with E-state index in [-0.39, 0.29) is 0 Å². The van der Waals surface area contributed by atoms with Crippen LogP contribution in [0.5, 0.6) is 0 Å². The van der Waals surface area contributed by atoms with Crippen LogP contribution < -0.4 is 0 Å². The lowest BCUT2D eigenvalue weighted by Crippen LogP contribution is -1.81. The van der Waals surface area contributed by atoms with Gasteiger partial charge in [-0.2, -0.15) is 0 Å². The smallest absolute Gasteiger partial charge is 0.0701 e. The summed E-state index contributed by atoms with van der Waals surface area (Å²) in [4.78, 5) is 4.28. The molecule has 1 nitrogen and oxygen atoms in total. The minimum absolute atomic E-state index is 0.945. The van der Waals surface area contributed by atoms with Gasteiger partial charge >= 0.3 is 0 Å². The first-order chi connectivity index (χ1) is 12.2. The van der Waals surface area contributed by atoms with Crippen LogP contribution in [0.3, 0.4) is 0 Å². The highest BCUT2D eigenvalue weighted by molar-refractivity contribution is 5.61. The molecule has 1 aromatic heterocycles. The molecule has 126 valence electrons. The summed E-state index contributed by atoms with van der Waals surface area (Å²) in [5.41, 5.74) is 5.46. The molecule has 0 aliphatic carbocycles. The van der Waals surface area contributed by atoms with Crippen molar-refractivity contribution in [1.29, 1.82) is 0 Å². The maximum Gasteiger partial charge on any atom is 0.0701 e. The van der Waals surface area contributed by atoms with E-state index in [0.717, 1.165) is 22.4 Å². The quantitative estimate of drug-likeness (QED) is 0.497. The highest BCUT2D eigenvalue weighted by atomic mass is 14.7. The number of terminal acetylenes is 1. The van der Waals surface area contributed by atoms with Crippen LogP contribution in [0.4, 0.5) is 0 Å². The van der Waals surface area contributed by atoms with Gasteiger partial charge in [0.1, 0.15) is 0 Å². The predicted molar refractivity (Wildman–Crippen MR) is 110 cm³/mol. The number of aromatic nitrogens is 1. The van der Waals surface area contributed by atoms with E-state index < -0.39 is 0 Å². The van der Waals surface area contributed by atoms with Gasteiger partial charge < -0.3 is 0 Å². The van der Waals surface area contributed by atoms with Crippen LogP contribution >= 0.6 is 0 Å². The Morgan fingerprint density at radius 3 is 2.04 bits per heavy atom. The van der Waals surface area contributed by atoms with Crippen molar-refractivity contribution in [2.75, 3.05) is 0 Å². The van der Waals surface area contributed by atoms with Crippen molar-refractivity contribution < 1.29 is 0 Å². The molecule has 0 N–H and O–H groups in total. The van der Waals surface area contributed by atoms with Crippen molar-refractivity contribution in [1.82, 2.24) is 4.98 Å². The Morgan fingerprint density at radius 1 is 0.920 bits per heavy atom. The second-order valence-electron chi connectivity index (χ2n) is 5.05. The second kappa shape index (κ2) is 11.4. The minimum atomic E-state index is 0.945. The summed E-state index contributed by atoms with van der Waals surface area (Å²) in [5, 5.41) is 0. The van der Waals surface area contributed by atoms with Crippen molar-refractivity contribution in [3.8, 4) is 23.6 Å². The first kappa shape index (κ1) is 19.9. The van der Waals surface area contributed by atoms with E-state index in [1.165, 1.54) is 5.56 Å². The number of nitrogens with zero attached hydrogens (tertiary/aromatic N) is 1. The van der Waals surface area contributed by atoms with Gasteiger partial charge in [-0.1, -0.05) is 80.5 Å². The van der Waals surface area contributed by atoms with Crippen molar-refractivity contribution in [2.45, 2.75) is 20.8 Å². The fraction of sp³-hybridized carbons (Fsp3) is 0.125. The average molecular weight is 327 g/mol. The molecule has 0 amide bonds. The Bertz CT molecular complexity index is 776.